The van der Waals surface area contributed by atoms with Crippen LogP contribution in [0.5, 0.6) is 0 Å². The summed E-state index contributed by atoms with van der Waals surface area (Å²) in [5.74, 6) is -2.55. The van der Waals surface area contributed by atoms with Gasteiger partial charge in [0.2, 0.25) is 5.78 Å². The van der Waals surface area contributed by atoms with Crippen molar-refractivity contribution >= 4 is 17.5 Å². The maximum Gasteiger partial charge on any atom is 0.303 e. The van der Waals surface area contributed by atoms with Gasteiger partial charge in [0.25, 0.3) is 0 Å². The SMILES string of the molecule is C=C(C)O[C@@H]1C[C@H]2[C@@H]3CCC4=CC(=O)C=C[C@]4(C)[C@@]3(F)[C@@H](O)C[C@]2(C)[C@@]1(O)C(=O)COC(C)=O. The van der Waals surface area contributed by atoms with E-state index in [1.807, 2.05) is 0 Å². The lowest BCUT2D eigenvalue weighted by molar-refractivity contribution is -0.223. The molecule has 2 N–H and O–H groups in total. The Bertz CT molecular complexity index is 1020. The third kappa shape index (κ3) is 3.10. The van der Waals surface area contributed by atoms with Crippen molar-refractivity contribution in [2.24, 2.45) is 22.7 Å². The highest BCUT2D eigenvalue weighted by molar-refractivity contribution is 6.01. The van der Waals surface area contributed by atoms with Gasteiger partial charge in [-0.3, -0.25) is 14.4 Å². The molecule has 4 rings (SSSR count). The highest BCUT2D eigenvalue weighted by Gasteiger charge is 2.77. The van der Waals surface area contributed by atoms with Gasteiger partial charge in [-0.2, -0.15) is 0 Å². The number of esters is 1. The van der Waals surface area contributed by atoms with E-state index in [2.05, 4.69) is 6.58 Å². The Hall–Kier alpha value is -2.32. The average Bonchev–Trinajstić information content (AvgIpc) is 2.95. The molecule has 4 aliphatic rings. The van der Waals surface area contributed by atoms with Crippen molar-refractivity contribution < 1.29 is 38.5 Å². The summed E-state index contributed by atoms with van der Waals surface area (Å²) >= 11 is 0. The normalized spacial score (nSPS) is 44.9. The number of carbonyl (C=O) groups is 3. The quantitative estimate of drug-likeness (QED) is 0.464. The Morgan fingerprint density at radius 2 is 1.94 bits per heavy atom. The molecule has 0 aromatic heterocycles. The summed E-state index contributed by atoms with van der Waals surface area (Å²) in [6.07, 6.45) is 2.59. The van der Waals surface area contributed by atoms with E-state index in [1.54, 1.807) is 26.8 Å². The van der Waals surface area contributed by atoms with Crippen molar-refractivity contribution in [2.45, 2.75) is 76.9 Å². The molecule has 0 aromatic carbocycles. The average molecular weight is 477 g/mol. The van der Waals surface area contributed by atoms with Gasteiger partial charge >= 0.3 is 5.97 Å². The number of allylic oxidation sites excluding steroid dienone is 5. The number of hydrogen-bond donors (Lipinski definition) is 2. The summed E-state index contributed by atoms with van der Waals surface area (Å²) in [5, 5.41) is 23.3. The van der Waals surface area contributed by atoms with Crippen LogP contribution in [0.2, 0.25) is 0 Å². The van der Waals surface area contributed by atoms with Crippen molar-refractivity contribution in [3.8, 4) is 0 Å². The number of rotatable bonds is 5. The monoisotopic (exact) mass is 476 g/mol. The van der Waals surface area contributed by atoms with Crippen LogP contribution in [0.1, 0.15) is 53.4 Å². The lowest BCUT2D eigenvalue weighted by Crippen LogP contribution is -2.70. The highest BCUT2D eigenvalue weighted by Crippen LogP contribution is 2.70. The molecule has 0 radical (unpaired) electrons. The smallest absolute Gasteiger partial charge is 0.303 e. The minimum atomic E-state index is -2.12. The summed E-state index contributed by atoms with van der Waals surface area (Å²) in [6, 6.07) is 0. The van der Waals surface area contributed by atoms with E-state index >= 15 is 4.39 Å². The van der Waals surface area contributed by atoms with Crippen LogP contribution in [0.3, 0.4) is 0 Å². The fourth-order valence-electron chi connectivity index (χ4n) is 7.35. The molecule has 3 fully saturated rings. The predicted octanol–water partition coefficient (Wildman–Crippen LogP) is 2.75. The Morgan fingerprint density at radius 3 is 2.56 bits per heavy atom. The highest BCUT2D eigenvalue weighted by atomic mass is 19.1. The second kappa shape index (κ2) is 7.85. The first-order valence-electron chi connectivity index (χ1n) is 11.7. The molecule has 0 amide bonds. The van der Waals surface area contributed by atoms with Gasteiger partial charge < -0.3 is 19.7 Å². The number of hydrogen-bond acceptors (Lipinski definition) is 7. The molecule has 3 saturated carbocycles. The summed E-state index contributed by atoms with van der Waals surface area (Å²) in [5.41, 5.74) is -6.00. The van der Waals surface area contributed by atoms with Crippen LogP contribution in [0.15, 0.2) is 36.1 Å². The molecule has 0 bridgehead atoms. The molecule has 0 unspecified atom stereocenters. The van der Waals surface area contributed by atoms with Crippen LogP contribution in [0.4, 0.5) is 4.39 Å². The maximum atomic E-state index is 17.2. The summed E-state index contributed by atoms with van der Waals surface area (Å²) < 4.78 is 27.9. The van der Waals surface area contributed by atoms with Crippen molar-refractivity contribution in [3.63, 3.8) is 0 Å². The van der Waals surface area contributed by atoms with E-state index in [-0.39, 0.29) is 24.4 Å². The van der Waals surface area contributed by atoms with Gasteiger partial charge in [0.15, 0.2) is 23.7 Å². The standard InChI is InChI=1S/C26H33FO7/c1-14(2)34-22-11-19-18-7-6-16-10-17(29)8-9-23(16,4)25(18,27)20(30)12-24(19,5)26(22,32)21(31)13-33-15(3)28/h8-10,18-20,22,30,32H,1,6-7,11-13H2,2-5H3/t18-,19-,20-,22+,23-,24-,25-,26+/m0/s1. The van der Waals surface area contributed by atoms with E-state index in [4.69, 9.17) is 9.47 Å². The van der Waals surface area contributed by atoms with Crippen LogP contribution < -0.4 is 0 Å². The number of alkyl halides is 1. The molecule has 8 atom stereocenters. The number of aliphatic hydroxyl groups excluding tert-OH is 1. The zero-order chi connectivity index (χ0) is 25.3. The van der Waals surface area contributed by atoms with E-state index < -0.39 is 64.5 Å². The maximum absolute atomic E-state index is 17.2. The van der Waals surface area contributed by atoms with Crippen LogP contribution in [0.25, 0.3) is 0 Å². The van der Waals surface area contributed by atoms with Gasteiger partial charge in [-0.25, -0.2) is 4.39 Å². The third-order valence-corrected chi connectivity index (χ3v) is 9.01. The van der Waals surface area contributed by atoms with Crippen molar-refractivity contribution in [1.82, 2.24) is 0 Å². The summed E-state index contributed by atoms with van der Waals surface area (Å²) in [4.78, 5) is 36.6. The van der Waals surface area contributed by atoms with Crippen molar-refractivity contribution in [3.05, 3.63) is 36.1 Å². The molecule has 8 heteroatoms. The zero-order valence-corrected chi connectivity index (χ0v) is 20.1. The second-order valence-corrected chi connectivity index (χ2v) is 10.8. The van der Waals surface area contributed by atoms with E-state index in [9.17, 15) is 24.6 Å². The Balaban J connectivity index is 1.80. The number of ketones is 2. The van der Waals surface area contributed by atoms with E-state index in [0.717, 1.165) is 6.92 Å². The van der Waals surface area contributed by atoms with Gasteiger partial charge in [0.1, 0.15) is 6.10 Å². The van der Waals surface area contributed by atoms with Gasteiger partial charge in [0.05, 0.1) is 11.9 Å². The number of halogens is 1. The first-order valence-corrected chi connectivity index (χ1v) is 11.7. The number of ether oxygens (including phenoxy) is 2. The number of carbonyl (C=O) groups excluding carboxylic acids is 3. The Labute approximate surface area is 198 Å². The molecule has 0 spiro atoms. The fourth-order valence-corrected chi connectivity index (χ4v) is 7.35. The largest absolute Gasteiger partial charge is 0.492 e. The minimum absolute atomic E-state index is 0.173. The first-order chi connectivity index (χ1) is 15.7. The third-order valence-electron chi connectivity index (χ3n) is 9.01. The lowest BCUT2D eigenvalue weighted by Gasteiger charge is -2.62. The molecule has 0 heterocycles. The molecule has 0 saturated heterocycles. The van der Waals surface area contributed by atoms with E-state index in [0.29, 0.717) is 18.4 Å². The summed E-state index contributed by atoms with van der Waals surface area (Å²) in [7, 11) is 0. The number of aliphatic hydroxyl groups is 2. The zero-order valence-electron chi connectivity index (χ0n) is 20.1. The van der Waals surface area contributed by atoms with Crippen LogP contribution in [-0.4, -0.2) is 57.8 Å². The predicted molar refractivity (Wildman–Crippen MR) is 120 cm³/mol. The Kier molecular flexibility index (Phi) is 5.72. The molecule has 0 aliphatic heterocycles. The molecular weight excluding hydrogens is 443 g/mol. The van der Waals surface area contributed by atoms with E-state index in [1.165, 1.54) is 12.2 Å². The summed E-state index contributed by atoms with van der Waals surface area (Å²) in [6.45, 7) is 9.23. The number of fused-ring (bicyclic) bond motifs is 5. The van der Waals surface area contributed by atoms with Gasteiger partial charge in [-0.15, -0.1) is 0 Å². The molecular formula is C26H33FO7. The molecule has 4 aliphatic carbocycles. The first kappa shape index (κ1) is 24.8. The topological polar surface area (TPSA) is 110 Å². The fraction of sp³-hybridized carbons (Fsp3) is 0.654. The molecule has 34 heavy (non-hydrogen) atoms. The lowest BCUT2D eigenvalue weighted by atomic mass is 9.44. The van der Waals surface area contributed by atoms with Gasteiger partial charge in [-0.05, 0) is 57.6 Å². The minimum Gasteiger partial charge on any atom is -0.492 e. The van der Waals surface area contributed by atoms with Gasteiger partial charge in [0, 0.05) is 23.7 Å². The molecule has 186 valence electrons. The Morgan fingerprint density at radius 1 is 1.26 bits per heavy atom. The van der Waals surface area contributed by atoms with Crippen molar-refractivity contribution in [1.29, 1.82) is 0 Å². The van der Waals surface area contributed by atoms with Crippen LogP contribution in [-0.2, 0) is 23.9 Å². The van der Waals surface area contributed by atoms with Crippen LogP contribution in [0, 0.1) is 22.7 Å². The molecule has 0 aromatic rings. The van der Waals surface area contributed by atoms with Crippen molar-refractivity contribution in [2.75, 3.05) is 6.61 Å². The van der Waals surface area contributed by atoms with Crippen LogP contribution >= 0.6 is 0 Å². The second-order valence-electron chi connectivity index (χ2n) is 10.8. The van der Waals surface area contributed by atoms with Gasteiger partial charge in [-0.1, -0.05) is 25.2 Å². The number of Topliss-reactive ketones (excluding diaryl/α,β-unsaturated/α-hetero) is 1. The molecule has 7 nitrogen and oxygen atoms in total.